The number of rotatable bonds is 10. The molecule has 0 saturated heterocycles. The second-order valence-corrected chi connectivity index (χ2v) is 5.72. The topological polar surface area (TPSA) is 124 Å². The number of methoxy groups -OCH3 is 1. The number of benzene rings is 1. The van der Waals surface area contributed by atoms with Gasteiger partial charge >= 0.3 is 5.97 Å². The Kier molecular flexibility index (Phi) is 8.10. The summed E-state index contributed by atoms with van der Waals surface area (Å²) in [5, 5.41) is 12.9. The van der Waals surface area contributed by atoms with Crippen LogP contribution in [0, 0.1) is 0 Å². The van der Waals surface area contributed by atoms with Gasteiger partial charge in [0.1, 0.15) is 6.04 Å². The van der Waals surface area contributed by atoms with Gasteiger partial charge in [0.2, 0.25) is 11.8 Å². The second kappa shape index (κ2) is 10.8. The van der Waals surface area contributed by atoms with Crippen molar-refractivity contribution in [2.24, 2.45) is 0 Å². The van der Waals surface area contributed by atoms with Crippen molar-refractivity contribution < 1.29 is 23.9 Å². The van der Waals surface area contributed by atoms with E-state index < -0.39 is 17.9 Å². The first-order valence-corrected chi connectivity index (χ1v) is 8.75. The summed E-state index contributed by atoms with van der Waals surface area (Å²) in [6.07, 6.45) is 1.09. The molecule has 2 aromatic rings. The summed E-state index contributed by atoms with van der Waals surface area (Å²) in [5.41, 5.74) is 0.567. The van der Waals surface area contributed by atoms with E-state index in [1.54, 1.807) is 31.2 Å². The van der Waals surface area contributed by atoms with Gasteiger partial charge in [-0.2, -0.15) is 0 Å². The van der Waals surface area contributed by atoms with E-state index in [-0.39, 0.29) is 31.2 Å². The highest BCUT2D eigenvalue weighted by Crippen LogP contribution is 2.14. The Morgan fingerprint density at radius 2 is 1.96 bits per heavy atom. The normalized spacial score (nSPS) is 11.5. The maximum atomic E-state index is 12.6. The van der Waals surface area contributed by atoms with Crippen LogP contribution in [0.3, 0.4) is 0 Å². The van der Waals surface area contributed by atoms with E-state index >= 15 is 0 Å². The van der Waals surface area contributed by atoms with E-state index in [0.717, 1.165) is 0 Å². The lowest BCUT2D eigenvalue weighted by Gasteiger charge is -2.16. The number of hydrogen-bond donors (Lipinski definition) is 2. The van der Waals surface area contributed by atoms with Crippen LogP contribution in [-0.2, 0) is 19.1 Å². The van der Waals surface area contributed by atoms with E-state index in [1.165, 1.54) is 18.0 Å². The van der Waals surface area contributed by atoms with Crippen LogP contribution >= 0.6 is 0 Å². The summed E-state index contributed by atoms with van der Waals surface area (Å²) in [6, 6.07) is 7.88. The molecule has 0 fully saturated rings. The molecule has 2 rings (SSSR count). The minimum absolute atomic E-state index is 0.0417. The van der Waals surface area contributed by atoms with Gasteiger partial charge in [0, 0.05) is 19.3 Å². The van der Waals surface area contributed by atoms with Crippen molar-refractivity contribution in [2.75, 3.05) is 32.2 Å². The monoisotopic (exact) mass is 389 g/mol. The molecule has 0 radical (unpaired) electrons. The van der Waals surface area contributed by atoms with Gasteiger partial charge in [-0.25, -0.2) is 9.48 Å². The maximum absolute atomic E-state index is 12.6. The Morgan fingerprint density at radius 1 is 1.21 bits per heavy atom. The molecule has 150 valence electrons. The molecule has 0 spiro atoms. The van der Waals surface area contributed by atoms with Gasteiger partial charge in [0.15, 0.2) is 5.69 Å². The van der Waals surface area contributed by atoms with Gasteiger partial charge < -0.3 is 20.1 Å². The van der Waals surface area contributed by atoms with E-state index in [0.29, 0.717) is 12.3 Å². The predicted molar refractivity (Wildman–Crippen MR) is 99.6 cm³/mol. The molecule has 0 aliphatic rings. The number of carbonyl (C=O) groups is 3. The number of esters is 1. The zero-order valence-electron chi connectivity index (χ0n) is 15.8. The van der Waals surface area contributed by atoms with E-state index in [1.807, 2.05) is 6.07 Å². The number of nitrogens with zero attached hydrogens (tertiary/aromatic N) is 3. The molecule has 28 heavy (non-hydrogen) atoms. The Balaban J connectivity index is 2.13. The Labute approximate surface area is 162 Å². The van der Waals surface area contributed by atoms with Crippen LogP contribution in [-0.4, -0.2) is 59.6 Å². The van der Waals surface area contributed by atoms with E-state index in [9.17, 15) is 14.4 Å². The highest BCUT2D eigenvalue weighted by molar-refractivity contribution is 5.94. The van der Waals surface area contributed by atoms with E-state index in [2.05, 4.69) is 20.9 Å². The highest BCUT2D eigenvalue weighted by atomic mass is 16.5. The number of hydrogen-bond acceptors (Lipinski definition) is 7. The average molecular weight is 389 g/mol. The lowest BCUT2D eigenvalue weighted by molar-refractivity contribution is -0.128. The summed E-state index contributed by atoms with van der Waals surface area (Å²) >= 11 is 0. The fraction of sp³-hybridized carbons (Fsp3) is 0.389. The van der Waals surface area contributed by atoms with Crippen molar-refractivity contribution in [1.29, 1.82) is 0 Å². The number of nitrogens with one attached hydrogen (secondary N) is 2. The Bertz CT molecular complexity index is 793. The molecule has 10 heteroatoms. The van der Waals surface area contributed by atoms with Gasteiger partial charge in [0.05, 0.1) is 25.8 Å². The van der Waals surface area contributed by atoms with Gasteiger partial charge in [0.25, 0.3) is 0 Å². The van der Waals surface area contributed by atoms with Gasteiger partial charge in [-0.3, -0.25) is 9.59 Å². The molecule has 10 nitrogen and oxygen atoms in total. The fourth-order valence-corrected chi connectivity index (χ4v) is 2.34. The van der Waals surface area contributed by atoms with Crippen molar-refractivity contribution >= 4 is 23.5 Å². The molecule has 0 bridgehead atoms. The largest absolute Gasteiger partial charge is 0.461 e. The maximum Gasteiger partial charge on any atom is 0.360 e. The smallest absolute Gasteiger partial charge is 0.360 e. The summed E-state index contributed by atoms with van der Waals surface area (Å²) < 4.78 is 11.0. The number of amides is 2. The van der Waals surface area contributed by atoms with Crippen molar-refractivity contribution in [1.82, 2.24) is 20.3 Å². The first kappa shape index (κ1) is 21.0. The van der Waals surface area contributed by atoms with E-state index in [4.69, 9.17) is 9.47 Å². The zero-order chi connectivity index (χ0) is 20.4. The molecule has 0 unspecified atom stereocenters. The fourth-order valence-electron chi connectivity index (χ4n) is 2.34. The predicted octanol–water partition coefficient (Wildman–Crippen LogP) is 0.787. The summed E-state index contributed by atoms with van der Waals surface area (Å²) in [4.78, 5) is 36.8. The average Bonchev–Trinajstić information content (AvgIpc) is 3.17. The molecule has 2 amide bonds. The van der Waals surface area contributed by atoms with Crippen LogP contribution in [0.25, 0.3) is 0 Å². The van der Waals surface area contributed by atoms with Crippen molar-refractivity contribution in [3.63, 3.8) is 0 Å². The van der Waals surface area contributed by atoms with Crippen LogP contribution < -0.4 is 10.6 Å². The molecule has 0 aliphatic carbocycles. The highest BCUT2D eigenvalue weighted by Gasteiger charge is 2.26. The molecule has 1 atom stereocenters. The summed E-state index contributed by atoms with van der Waals surface area (Å²) in [6.45, 7) is 2.44. The molecule has 1 aromatic heterocycles. The molecular formula is C18H23N5O5. The molecule has 2 N–H and O–H groups in total. The van der Waals surface area contributed by atoms with Crippen LogP contribution in [0.5, 0.6) is 0 Å². The van der Waals surface area contributed by atoms with Crippen LogP contribution in [0.15, 0.2) is 36.5 Å². The number of para-hydroxylation sites is 1. The third-order valence-electron chi connectivity index (χ3n) is 3.66. The Hall–Kier alpha value is -3.27. The minimum Gasteiger partial charge on any atom is -0.461 e. The van der Waals surface area contributed by atoms with Crippen molar-refractivity contribution in [3.8, 4) is 0 Å². The number of anilines is 1. The number of ether oxygens (including phenoxy) is 2. The summed E-state index contributed by atoms with van der Waals surface area (Å²) in [5.74, 6) is -1.48. The van der Waals surface area contributed by atoms with Crippen LogP contribution in [0.1, 0.15) is 29.9 Å². The lowest BCUT2D eigenvalue weighted by Crippen LogP contribution is -2.36. The van der Waals surface area contributed by atoms with Crippen LogP contribution in [0.2, 0.25) is 0 Å². The Morgan fingerprint density at radius 3 is 2.64 bits per heavy atom. The van der Waals surface area contributed by atoms with Crippen molar-refractivity contribution in [2.45, 2.75) is 19.4 Å². The quantitative estimate of drug-likeness (QED) is 0.455. The first-order valence-electron chi connectivity index (χ1n) is 8.75. The number of aromatic nitrogens is 3. The molecule has 1 heterocycles. The van der Waals surface area contributed by atoms with Gasteiger partial charge in [-0.15, -0.1) is 5.10 Å². The first-order chi connectivity index (χ1) is 13.5. The molecule has 0 saturated carbocycles. The molecule has 1 aromatic carbocycles. The van der Waals surface area contributed by atoms with Crippen LogP contribution in [0.4, 0.5) is 5.69 Å². The molecule has 0 aliphatic heterocycles. The van der Waals surface area contributed by atoms with Crippen molar-refractivity contribution in [3.05, 3.63) is 42.2 Å². The minimum atomic E-state index is -0.990. The third kappa shape index (κ3) is 6.16. The third-order valence-corrected chi connectivity index (χ3v) is 3.66. The zero-order valence-corrected chi connectivity index (χ0v) is 15.8. The standard InChI is InChI=1S/C18H23N5O5/c1-3-28-18(26)14-12-23(22-21-14)15(17(25)19-9-10-27-2)11-16(24)20-13-7-5-4-6-8-13/h4-8,12,15H,3,9-11H2,1-2H3,(H,19,25)(H,20,24)/t15-/m1/s1. The van der Waals surface area contributed by atoms with Gasteiger partial charge in [-0.05, 0) is 19.1 Å². The van der Waals surface area contributed by atoms with Gasteiger partial charge in [-0.1, -0.05) is 23.4 Å². The lowest BCUT2D eigenvalue weighted by atomic mass is 10.1. The second-order valence-electron chi connectivity index (χ2n) is 5.72. The molecular weight excluding hydrogens is 366 g/mol. The summed E-state index contributed by atoms with van der Waals surface area (Å²) in [7, 11) is 1.51. The SMILES string of the molecule is CCOC(=O)c1cn([C@H](CC(=O)Nc2ccccc2)C(=O)NCCOC)nn1. The number of carbonyl (C=O) groups excluding carboxylic acids is 3.